The lowest BCUT2D eigenvalue weighted by atomic mass is 10.0. The summed E-state index contributed by atoms with van der Waals surface area (Å²) < 4.78 is 44.9. The lowest BCUT2D eigenvalue weighted by Gasteiger charge is -2.21. The average molecular weight is 459 g/mol. The van der Waals surface area contributed by atoms with Gasteiger partial charge < -0.3 is 14.5 Å². The van der Waals surface area contributed by atoms with Crippen LogP contribution in [-0.2, 0) is 0 Å². The summed E-state index contributed by atoms with van der Waals surface area (Å²) in [6.07, 6.45) is 3.54. The van der Waals surface area contributed by atoms with E-state index >= 15 is 0 Å². The molecular formula is C21H26ClF3N4S. The standard InChI is InChI=1S/C18H17ClF3N3S.C3H9N/c19-16-13(25-7-6-11(9-25)10-4-5-10)8-12(20)18(17(16)22)26-24-15-3-1-2-14(21)23-15;1-4(2)3/h1-3,8,10-11H,4-7,9H2,(H,23,24);1-3H3. The lowest BCUT2D eigenvalue weighted by molar-refractivity contribution is 0.505. The van der Waals surface area contributed by atoms with E-state index in [9.17, 15) is 13.2 Å². The van der Waals surface area contributed by atoms with E-state index in [2.05, 4.69) is 9.71 Å². The van der Waals surface area contributed by atoms with Crippen LogP contribution in [0, 0.1) is 29.4 Å². The Balaban J connectivity index is 0.000000589. The largest absolute Gasteiger partial charge is 0.370 e. The number of aromatic nitrogens is 1. The quantitative estimate of drug-likeness (QED) is 0.353. The van der Waals surface area contributed by atoms with Gasteiger partial charge >= 0.3 is 0 Å². The first-order chi connectivity index (χ1) is 14.3. The van der Waals surface area contributed by atoms with Crippen LogP contribution in [0.15, 0.2) is 29.2 Å². The van der Waals surface area contributed by atoms with E-state index in [1.165, 1.54) is 37.1 Å². The molecule has 0 radical (unpaired) electrons. The molecule has 4 rings (SSSR count). The molecule has 0 amide bonds. The highest BCUT2D eigenvalue weighted by molar-refractivity contribution is 8.00. The van der Waals surface area contributed by atoms with Crippen molar-refractivity contribution < 1.29 is 13.2 Å². The third-order valence-corrected chi connectivity index (χ3v) is 6.17. The van der Waals surface area contributed by atoms with Gasteiger partial charge in [0.15, 0.2) is 5.82 Å². The maximum Gasteiger partial charge on any atom is 0.214 e. The predicted octanol–water partition coefficient (Wildman–Crippen LogP) is 5.69. The van der Waals surface area contributed by atoms with Crippen LogP contribution < -0.4 is 9.62 Å². The molecule has 2 aliphatic rings. The number of benzene rings is 1. The number of rotatable bonds is 5. The summed E-state index contributed by atoms with van der Waals surface area (Å²) in [6.45, 7) is 1.55. The highest BCUT2D eigenvalue weighted by Gasteiger charge is 2.37. The molecule has 1 aliphatic carbocycles. The number of anilines is 2. The Morgan fingerprint density at radius 3 is 2.47 bits per heavy atom. The first-order valence-corrected chi connectivity index (χ1v) is 11.0. The Morgan fingerprint density at radius 2 is 1.83 bits per heavy atom. The second kappa shape index (κ2) is 10.1. The highest BCUT2D eigenvalue weighted by atomic mass is 35.5. The average Bonchev–Trinajstić information content (AvgIpc) is 3.41. The van der Waals surface area contributed by atoms with Crippen molar-refractivity contribution in [1.82, 2.24) is 9.88 Å². The molecule has 4 nitrogen and oxygen atoms in total. The molecule has 30 heavy (non-hydrogen) atoms. The van der Waals surface area contributed by atoms with Gasteiger partial charge in [-0.2, -0.15) is 4.39 Å². The van der Waals surface area contributed by atoms with Gasteiger partial charge in [-0.05, 0) is 76.3 Å². The topological polar surface area (TPSA) is 31.4 Å². The normalized spacial score (nSPS) is 18.4. The van der Waals surface area contributed by atoms with Crippen molar-refractivity contribution in [2.75, 3.05) is 43.9 Å². The first kappa shape index (κ1) is 23.0. The van der Waals surface area contributed by atoms with Crippen molar-refractivity contribution in [2.24, 2.45) is 11.8 Å². The van der Waals surface area contributed by atoms with Gasteiger partial charge in [0.05, 0.1) is 5.69 Å². The van der Waals surface area contributed by atoms with E-state index in [4.69, 9.17) is 11.6 Å². The smallest absolute Gasteiger partial charge is 0.214 e. The van der Waals surface area contributed by atoms with Crippen molar-refractivity contribution in [3.8, 4) is 0 Å². The van der Waals surface area contributed by atoms with Crippen molar-refractivity contribution in [2.45, 2.75) is 24.2 Å². The predicted molar refractivity (Wildman–Crippen MR) is 118 cm³/mol. The maximum absolute atomic E-state index is 14.7. The van der Waals surface area contributed by atoms with Crippen LogP contribution in [0.1, 0.15) is 19.3 Å². The van der Waals surface area contributed by atoms with Gasteiger partial charge in [0.2, 0.25) is 5.95 Å². The monoisotopic (exact) mass is 458 g/mol. The summed E-state index contributed by atoms with van der Waals surface area (Å²) >= 11 is 6.88. The van der Waals surface area contributed by atoms with E-state index in [1.54, 1.807) is 0 Å². The van der Waals surface area contributed by atoms with Gasteiger partial charge in [0, 0.05) is 19.2 Å². The lowest BCUT2D eigenvalue weighted by Crippen LogP contribution is -2.21. The molecule has 1 saturated heterocycles. The molecule has 0 bridgehead atoms. The van der Waals surface area contributed by atoms with Crippen molar-refractivity contribution in [3.05, 3.63) is 46.9 Å². The fourth-order valence-electron chi connectivity index (χ4n) is 3.42. The van der Waals surface area contributed by atoms with Gasteiger partial charge in [0.25, 0.3) is 0 Å². The molecule has 2 aromatic rings. The van der Waals surface area contributed by atoms with Gasteiger partial charge in [-0.15, -0.1) is 0 Å². The minimum Gasteiger partial charge on any atom is -0.370 e. The number of halogens is 4. The van der Waals surface area contributed by atoms with Crippen LogP contribution in [0.2, 0.25) is 5.02 Å². The number of nitrogens with one attached hydrogen (secondary N) is 1. The van der Waals surface area contributed by atoms with Crippen LogP contribution in [-0.4, -0.2) is 44.1 Å². The van der Waals surface area contributed by atoms with Gasteiger partial charge in [-0.1, -0.05) is 17.7 Å². The Hall–Kier alpha value is -1.64. The molecule has 0 spiro atoms. The molecule has 1 aromatic heterocycles. The van der Waals surface area contributed by atoms with E-state index in [-0.39, 0.29) is 15.7 Å². The van der Waals surface area contributed by atoms with Crippen molar-refractivity contribution >= 4 is 35.1 Å². The van der Waals surface area contributed by atoms with E-state index in [0.29, 0.717) is 23.6 Å². The Morgan fingerprint density at radius 1 is 1.13 bits per heavy atom. The number of nitrogens with zero attached hydrogens (tertiary/aromatic N) is 3. The van der Waals surface area contributed by atoms with E-state index in [1.807, 2.05) is 30.9 Å². The van der Waals surface area contributed by atoms with Crippen LogP contribution in [0.4, 0.5) is 24.7 Å². The summed E-state index contributed by atoms with van der Waals surface area (Å²) in [6, 6.07) is 5.43. The van der Waals surface area contributed by atoms with Gasteiger partial charge in [0.1, 0.15) is 21.6 Å². The highest BCUT2D eigenvalue weighted by Crippen LogP contribution is 2.44. The van der Waals surface area contributed by atoms with Crippen LogP contribution in [0.25, 0.3) is 0 Å². The molecule has 1 unspecified atom stereocenters. The zero-order valence-corrected chi connectivity index (χ0v) is 18.8. The molecule has 1 aliphatic heterocycles. The van der Waals surface area contributed by atoms with Crippen LogP contribution in [0.3, 0.4) is 0 Å². The van der Waals surface area contributed by atoms with Crippen molar-refractivity contribution in [3.63, 3.8) is 0 Å². The summed E-state index contributed by atoms with van der Waals surface area (Å²) in [5, 5.41) is -0.0839. The molecule has 1 atom stereocenters. The maximum atomic E-state index is 14.7. The fourth-order valence-corrected chi connectivity index (χ4v) is 4.41. The summed E-state index contributed by atoms with van der Waals surface area (Å²) in [5.41, 5.74) is 0.401. The molecule has 2 fully saturated rings. The molecule has 164 valence electrons. The van der Waals surface area contributed by atoms with Crippen molar-refractivity contribution in [1.29, 1.82) is 0 Å². The SMILES string of the molecule is CN(C)C.Fc1cccc(NSc2c(F)cc(N3CCC(C4CC4)C3)c(Cl)c2F)n1. The van der Waals surface area contributed by atoms with E-state index < -0.39 is 17.6 Å². The first-order valence-electron chi connectivity index (χ1n) is 9.85. The summed E-state index contributed by atoms with van der Waals surface area (Å²) in [5.74, 6) is -0.681. The van der Waals surface area contributed by atoms with Gasteiger partial charge in [-0.3, -0.25) is 0 Å². The minimum absolute atomic E-state index is 0.0839. The minimum atomic E-state index is -0.814. The summed E-state index contributed by atoms with van der Waals surface area (Å²) in [4.78, 5) is 7.30. The number of hydrogen-bond donors (Lipinski definition) is 1. The molecule has 2 heterocycles. The molecular weight excluding hydrogens is 433 g/mol. The van der Waals surface area contributed by atoms with Crippen LogP contribution >= 0.6 is 23.5 Å². The summed E-state index contributed by atoms with van der Waals surface area (Å²) in [7, 11) is 6.00. The second-order valence-corrected chi connectivity index (χ2v) is 9.25. The number of hydrogen-bond acceptors (Lipinski definition) is 5. The Labute approximate surface area is 184 Å². The zero-order valence-electron chi connectivity index (χ0n) is 17.3. The Bertz CT molecular complexity index is 877. The van der Waals surface area contributed by atoms with E-state index in [0.717, 1.165) is 25.4 Å². The third kappa shape index (κ3) is 5.95. The number of pyridine rings is 1. The third-order valence-electron chi connectivity index (χ3n) is 4.92. The molecule has 9 heteroatoms. The van der Waals surface area contributed by atoms with Crippen LogP contribution in [0.5, 0.6) is 0 Å². The fraction of sp³-hybridized carbons (Fsp3) is 0.476. The molecule has 1 saturated carbocycles. The zero-order chi connectivity index (χ0) is 21.8. The molecule has 1 N–H and O–H groups in total. The van der Waals surface area contributed by atoms with Gasteiger partial charge in [-0.25, -0.2) is 13.8 Å². The molecule has 1 aromatic carbocycles. The second-order valence-electron chi connectivity index (χ2n) is 8.06. The Kier molecular flexibility index (Phi) is 7.76.